The highest BCUT2D eigenvalue weighted by Crippen LogP contribution is 2.28. The summed E-state index contributed by atoms with van der Waals surface area (Å²) in [7, 11) is 0. The lowest BCUT2D eigenvalue weighted by molar-refractivity contribution is -0.384. The lowest BCUT2D eigenvalue weighted by atomic mass is 10.1. The molecule has 0 radical (unpaired) electrons. The number of allylic oxidation sites excluding steroid dienone is 1. The summed E-state index contributed by atoms with van der Waals surface area (Å²) in [5, 5.41) is 14.0. The number of hydrogen-bond acceptors (Lipinski definition) is 3. The van der Waals surface area contributed by atoms with E-state index >= 15 is 0 Å². The Morgan fingerprint density at radius 3 is 2.94 bits per heavy atom. The van der Waals surface area contributed by atoms with E-state index in [2.05, 4.69) is 27.3 Å². The molecule has 1 aromatic carbocycles. The number of anilines is 1. The number of nitrogens with one attached hydrogen (secondary N) is 1. The van der Waals surface area contributed by atoms with E-state index in [-0.39, 0.29) is 10.6 Å². The topological polar surface area (TPSA) is 55.2 Å². The molecule has 0 aromatic heterocycles. The molecule has 1 N–H and O–H groups in total. The first-order chi connectivity index (χ1) is 8.66. The molecule has 0 fully saturated rings. The highest BCUT2D eigenvalue weighted by atomic mass is 79.9. The van der Waals surface area contributed by atoms with Crippen LogP contribution in [0.25, 0.3) is 0 Å². The predicted octanol–water partition coefficient (Wildman–Crippen LogP) is 4.27. The van der Waals surface area contributed by atoms with Crippen molar-refractivity contribution in [2.45, 2.75) is 25.7 Å². The Morgan fingerprint density at radius 2 is 2.28 bits per heavy atom. The Bertz CT molecular complexity index is 486. The van der Waals surface area contributed by atoms with Gasteiger partial charge in [-0.2, -0.15) is 0 Å². The van der Waals surface area contributed by atoms with Gasteiger partial charge in [0.1, 0.15) is 5.69 Å². The zero-order chi connectivity index (χ0) is 13.0. The first kappa shape index (κ1) is 13.1. The van der Waals surface area contributed by atoms with E-state index in [0.29, 0.717) is 5.69 Å². The zero-order valence-electron chi connectivity index (χ0n) is 9.99. The maximum absolute atomic E-state index is 10.9. The maximum Gasteiger partial charge on any atom is 0.292 e. The van der Waals surface area contributed by atoms with Gasteiger partial charge in [-0.25, -0.2) is 0 Å². The first-order valence-electron chi connectivity index (χ1n) is 6.02. The van der Waals surface area contributed by atoms with Gasteiger partial charge in [0.2, 0.25) is 0 Å². The van der Waals surface area contributed by atoms with Crippen molar-refractivity contribution in [3.05, 3.63) is 44.4 Å². The van der Waals surface area contributed by atoms with Crippen LogP contribution in [0.4, 0.5) is 11.4 Å². The Labute approximate surface area is 114 Å². The summed E-state index contributed by atoms with van der Waals surface area (Å²) in [6, 6.07) is 4.95. The Kier molecular flexibility index (Phi) is 4.36. The van der Waals surface area contributed by atoms with Gasteiger partial charge in [0.05, 0.1) is 4.92 Å². The van der Waals surface area contributed by atoms with Gasteiger partial charge >= 0.3 is 0 Å². The Hall–Kier alpha value is -1.36. The van der Waals surface area contributed by atoms with Crippen LogP contribution in [0.5, 0.6) is 0 Å². The van der Waals surface area contributed by atoms with Crippen LogP contribution in [0.2, 0.25) is 0 Å². The molecular weight excluding hydrogens is 296 g/mol. The first-order valence-corrected chi connectivity index (χ1v) is 6.82. The number of rotatable bonds is 5. The lowest BCUT2D eigenvalue weighted by Gasteiger charge is -2.08. The second kappa shape index (κ2) is 6.00. The van der Waals surface area contributed by atoms with Gasteiger partial charge in [0.15, 0.2) is 0 Å². The molecule has 1 aliphatic rings. The fourth-order valence-corrected chi connectivity index (χ4v) is 2.49. The predicted molar refractivity (Wildman–Crippen MR) is 75.8 cm³/mol. The van der Waals surface area contributed by atoms with E-state index < -0.39 is 0 Å². The van der Waals surface area contributed by atoms with Crippen molar-refractivity contribution >= 4 is 27.3 Å². The minimum Gasteiger partial charge on any atom is -0.379 e. The summed E-state index contributed by atoms with van der Waals surface area (Å²) in [5.74, 6) is 0. The second-order valence-electron chi connectivity index (χ2n) is 4.35. The average Bonchev–Trinajstić information content (AvgIpc) is 2.82. The zero-order valence-corrected chi connectivity index (χ0v) is 11.6. The van der Waals surface area contributed by atoms with Gasteiger partial charge in [0, 0.05) is 17.1 Å². The standard InChI is InChI=1S/C13H15BrN2O2/c14-11-5-6-13(16(17)18)12(9-11)15-8-7-10-3-1-2-4-10/h3,5-6,9,15H,1-2,4,7-8H2. The van der Waals surface area contributed by atoms with Gasteiger partial charge < -0.3 is 5.32 Å². The van der Waals surface area contributed by atoms with Crippen LogP contribution in [0.15, 0.2) is 34.3 Å². The lowest BCUT2D eigenvalue weighted by Crippen LogP contribution is -2.05. The van der Waals surface area contributed by atoms with Crippen molar-refractivity contribution in [1.82, 2.24) is 0 Å². The number of hydrogen-bond donors (Lipinski definition) is 1. The average molecular weight is 311 g/mol. The van der Waals surface area contributed by atoms with Crippen molar-refractivity contribution in [1.29, 1.82) is 0 Å². The molecule has 0 saturated carbocycles. The van der Waals surface area contributed by atoms with Crippen LogP contribution >= 0.6 is 15.9 Å². The second-order valence-corrected chi connectivity index (χ2v) is 5.27. The Balaban J connectivity index is 1.99. The van der Waals surface area contributed by atoms with Gasteiger partial charge in [-0.15, -0.1) is 0 Å². The normalized spacial score (nSPS) is 14.4. The summed E-state index contributed by atoms with van der Waals surface area (Å²) >= 11 is 3.33. The number of halogens is 1. The third-order valence-electron chi connectivity index (χ3n) is 3.05. The number of nitro benzene ring substituents is 1. The van der Waals surface area contributed by atoms with Crippen molar-refractivity contribution in [3.8, 4) is 0 Å². The molecule has 0 unspecified atom stereocenters. The number of nitro groups is 1. The molecule has 2 rings (SSSR count). The molecular formula is C13H15BrN2O2. The molecule has 1 aromatic rings. The van der Waals surface area contributed by atoms with Crippen LogP contribution in [-0.2, 0) is 0 Å². The van der Waals surface area contributed by atoms with E-state index in [1.54, 1.807) is 12.1 Å². The smallest absolute Gasteiger partial charge is 0.292 e. The minimum atomic E-state index is -0.358. The van der Waals surface area contributed by atoms with Crippen LogP contribution in [0.3, 0.4) is 0 Å². The number of benzene rings is 1. The van der Waals surface area contributed by atoms with Gasteiger partial charge in [-0.05, 0) is 37.8 Å². The molecule has 18 heavy (non-hydrogen) atoms. The summed E-state index contributed by atoms with van der Waals surface area (Å²) in [6.45, 7) is 0.739. The molecule has 0 amide bonds. The summed E-state index contributed by atoms with van der Waals surface area (Å²) in [6.07, 6.45) is 6.82. The summed E-state index contributed by atoms with van der Waals surface area (Å²) in [5.41, 5.74) is 2.16. The van der Waals surface area contributed by atoms with Crippen molar-refractivity contribution in [2.24, 2.45) is 0 Å². The van der Waals surface area contributed by atoms with Crippen LogP contribution < -0.4 is 5.32 Å². The molecule has 4 nitrogen and oxygen atoms in total. The van der Waals surface area contributed by atoms with Crippen molar-refractivity contribution in [2.75, 3.05) is 11.9 Å². The van der Waals surface area contributed by atoms with E-state index in [1.165, 1.54) is 30.9 Å². The number of nitrogens with zero attached hydrogens (tertiary/aromatic N) is 1. The monoisotopic (exact) mass is 310 g/mol. The molecule has 0 atom stereocenters. The SMILES string of the molecule is O=[N+]([O-])c1ccc(Br)cc1NCCC1=CCCC1. The van der Waals surface area contributed by atoms with Crippen LogP contribution in [0.1, 0.15) is 25.7 Å². The molecule has 5 heteroatoms. The van der Waals surface area contributed by atoms with Crippen LogP contribution in [-0.4, -0.2) is 11.5 Å². The maximum atomic E-state index is 10.9. The molecule has 0 heterocycles. The highest BCUT2D eigenvalue weighted by molar-refractivity contribution is 9.10. The summed E-state index contributed by atoms with van der Waals surface area (Å²) in [4.78, 5) is 10.5. The molecule has 96 valence electrons. The summed E-state index contributed by atoms with van der Waals surface area (Å²) < 4.78 is 0.843. The quantitative estimate of drug-likeness (QED) is 0.502. The van der Waals surface area contributed by atoms with Gasteiger partial charge in [-0.1, -0.05) is 27.6 Å². The third-order valence-corrected chi connectivity index (χ3v) is 3.55. The fraction of sp³-hybridized carbons (Fsp3) is 0.385. The molecule has 0 bridgehead atoms. The fourth-order valence-electron chi connectivity index (χ4n) is 2.13. The van der Waals surface area contributed by atoms with Crippen LogP contribution in [0, 0.1) is 10.1 Å². The van der Waals surface area contributed by atoms with Gasteiger partial charge in [-0.3, -0.25) is 10.1 Å². The van der Waals surface area contributed by atoms with Gasteiger partial charge in [0.25, 0.3) is 5.69 Å². The molecule has 1 aliphatic carbocycles. The highest BCUT2D eigenvalue weighted by Gasteiger charge is 2.13. The van der Waals surface area contributed by atoms with E-state index in [4.69, 9.17) is 0 Å². The molecule has 0 saturated heterocycles. The van der Waals surface area contributed by atoms with Crippen molar-refractivity contribution in [3.63, 3.8) is 0 Å². The third kappa shape index (κ3) is 3.32. The van der Waals surface area contributed by atoms with E-state index in [9.17, 15) is 10.1 Å². The van der Waals surface area contributed by atoms with E-state index in [1.807, 2.05) is 0 Å². The van der Waals surface area contributed by atoms with Crippen molar-refractivity contribution < 1.29 is 4.92 Å². The Morgan fingerprint density at radius 1 is 1.44 bits per heavy atom. The minimum absolute atomic E-state index is 0.124. The van der Waals surface area contributed by atoms with E-state index in [0.717, 1.165) is 17.4 Å². The molecule has 0 aliphatic heterocycles. The molecule has 0 spiro atoms. The largest absolute Gasteiger partial charge is 0.379 e.